The minimum Gasteiger partial charge on any atom is -0.489 e. The fourth-order valence-electron chi connectivity index (χ4n) is 5.02. The van der Waals surface area contributed by atoms with Gasteiger partial charge in [-0.2, -0.15) is 0 Å². The molecule has 3 atom stereocenters. The van der Waals surface area contributed by atoms with E-state index in [1.165, 1.54) is 27.5 Å². The average molecular weight is 452 g/mol. The largest absolute Gasteiger partial charge is 0.489 e. The van der Waals surface area contributed by atoms with Gasteiger partial charge in [0.25, 0.3) is 0 Å². The molecule has 0 amide bonds. The van der Waals surface area contributed by atoms with Gasteiger partial charge in [-0.15, -0.1) is 0 Å². The molecule has 0 radical (unpaired) electrons. The molecule has 0 unspecified atom stereocenters. The molecule has 4 heteroatoms. The van der Waals surface area contributed by atoms with Crippen LogP contribution in [0.2, 0.25) is 0 Å². The first-order valence-corrected chi connectivity index (χ1v) is 11.9. The predicted molar refractivity (Wildman–Crippen MR) is 135 cm³/mol. The fraction of sp³-hybridized carbons (Fsp3) is 0.233. The van der Waals surface area contributed by atoms with Crippen molar-refractivity contribution in [2.75, 3.05) is 6.54 Å². The van der Waals surface area contributed by atoms with Gasteiger partial charge in [-0.1, -0.05) is 84.9 Å². The number of carboxylic acids is 1. The molecule has 0 saturated carbocycles. The van der Waals surface area contributed by atoms with Crippen LogP contribution in [0, 0.1) is 0 Å². The van der Waals surface area contributed by atoms with E-state index in [9.17, 15) is 4.79 Å². The monoisotopic (exact) mass is 451 g/mol. The number of ether oxygens (including phenoxy) is 1. The Morgan fingerprint density at radius 1 is 0.971 bits per heavy atom. The molecule has 1 heterocycles. The summed E-state index contributed by atoms with van der Waals surface area (Å²) in [5.74, 6) is 0.331. The number of rotatable bonds is 7. The summed E-state index contributed by atoms with van der Waals surface area (Å²) in [5, 5.41) is 15.3. The van der Waals surface area contributed by atoms with Gasteiger partial charge in [0.05, 0.1) is 6.42 Å². The van der Waals surface area contributed by atoms with E-state index < -0.39 is 5.97 Å². The molecule has 0 bridgehead atoms. The number of carboxylic acid groups (broad SMARTS) is 1. The maximum Gasteiger partial charge on any atom is 0.307 e. The van der Waals surface area contributed by atoms with Gasteiger partial charge in [-0.25, -0.2) is 0 Å². The number of aliphatic carboxylic acids is 1. The van der Waals surface area contributed by atoms with Crippen LogP contribution in [-0.2, 0) is 11.2 Å². The van der Waals surface area contributed by atoms with Gasteiger partial charge in [-0.3, -0.25) is 4.79 Å². The number of hydrogen-bond acceptors (Lipinski definition) is 3. The zero-order valence-electron chi connectivity index (χ0n) is 19.3. The van der Waals surface area contributed by atoms with Crippen LogP contribution in [0.1, 0.15) is 47.6 Å². The van der Waals surface area contributed by atoms with Crippen LogP contribution in [0.25, 0.3) is 10.8 Å². The van der Waals surface area contributed by atoms with E-state index in [1.54, 1.807) is 0 Å². The number of benzene rings is 4. The fourth-order valence-corrected chi connectivity index (χ4v) is 5.02. The smallest absolute Gasteiger partial charge is 0.307 e. The Morgan fingerprint density at radius 3 is 2.53 bits per heavy atom. The standard InChI is InChI=1S/C30H29NO3/c1-20(25-11-6-8-22-7-2-3-9-26(22)25)31-19-24-18-28(27-10-4-5-12-29(27)34-24)23-15-13-21(14-16-23)17-30(32)33/h2-16,20,24,28,31H,17-19H2,1H3,(H,32,33)/t20-,24-,28-/m1/s1. The zero-order valence-corrected chi connectivity index (χ0v) is 19.3. The third-order valence-corrected chi connectivity index (χ3v) is 6.77. The summed E-state index contributed by atoms with van der Waals surface area (Å²) in [4.78, 5) is 11.0. The molecular weight excluding hydrogens is 422 g/mol. The Hall–Kier alpha value is -3.63. The van der Waals surface area contributed by atoms with Crippen LogP contribution >= 0.6 is 0 Å². The molecule has 4 nitrogen and oxygen atoms in total. The molecule has 0 saturated heterocycles. The van der Waals surface area contributed by atoms with E-state index >= 15 is 0 Å². The Kier molecular flexibility index (Phi) is 6.33. The van der Waals surface area contributed by atoms with Crippen LogP contribution in [-0.4, -0.2) is 23.7 Å². The number of nitrogens with one attached hydrogen (secondary N) is 1. The zero-order chi connectivity index (χ0) is 23.5. The topological polar surface area (TPSA) is 58.6 Å². The van der Waals surface area contributed by atoms with E-state index in [1.807, 2.05) is 24.3 Å². The van der Waals surface area contributed by atoms with Crippen LogP contribution < -0.4 is 10.1 Å². The molecule has 0 fully saturated rings. The molecule has 5 rings (SSSR count). The molecule has 0 aromatic heterocycles. The SMILES string of the molecule is C[C@@H](NC[C@H]1C[C@H](c2ccc(CC(=O)O)cc2)c2ccccc2O1)c1cccc2ccccc12. The lowest BCUT2D eigenvalue weighted by molar-refractivity contribution is -0.136. The van der Waals surface area contributed by atoms with Crippen molar-refractivity contribution in [2.24, 2.45) is 0 Å². The highest BCUT2D eigenvalue weighted by Crippen LogP contribution is 2.40. The second kappa shape index (κ2) is 9.70. The van der Waals surface area contributed by atoms with E-state index in [0.29, 0.717) is 0 Å². The first-order chi connectivity index (χ1) is 16.6. The summed E-state index contributed by atoms with van der Waals surface area (Å²) in [5.41, 5.74) is 4.49. The van der Waals surface area contributed by atoms with E-state index in [0.717, 1.165) is 24.3 Å². The Labute approximate surface area is 200 Å². The maximum atomic E-state index is 11.0. The minimum atomic E-state index is -0.810. The van der Waals surface area contributed by atoms with Gasteiger partial charge in [-0.05, 0) is 46.9 Å². The number of hydrogen-bond donors (Lipinski definition) is 2. The second-order valence-corrected chi connectivity index (χ2v) is 9.08. The second-order valence-electron chi connectivity index (χ2n) is 9.08. The van der Waals surface area contributed by atoms with Gasteiger partial charge < -0.3 is 15.2 Å². The van der Waals surface area contributed by atoms with Crippen molar-refractivity contribution in [3.63, 3.8) is 0 Å². The quantitative estimate of drug-likeness (QED) is 0.356. The van der Waals surface area contributed by atoms with Crippen molar-refractivity contribution in [2.45, 2.75) is 37.8 Å². The van der Waals surface area contributed by atoms with Crippen LogP contribution in [0.15, 0.2) is 91.0 Å². The highest BCUT2D eigenvalue weighted by Gasteiger charge is 2.29. The Balaban J connectivity index is 1.34. The first-order valence-electron chi connectivity index (χ1n) is 11.9. The molecule has 1 aliphatic rings. The Bertz CT molecular complexity index is 1290. The van der Waals surface area contributed by atoms with Crippen molar-refractivity contribution in [1.29, 1.82) is 0 Å². The summed E-state index contributed by atoms with van der Waals surface area (Å²) >= 11 is 0. The minimum absolute atomic E-state index is 0.0380. The van der Waals surface area contributed by atoms with Crippen molar-refractivity contribution in [1.82, 2.24) is 5.32 Å². The molecule has 4 aromatic rings. The molecule has 4 aromatic carbocycles. The highest BCUT2D eigenvalue weighted by molar-refractivity contribution is 5.86. The van der Waals surface area contributed by atoms with Gasteiger partial charge in [0.1, 0.15) is 11.9 Å². The molecule has 172 valence electrons. The first kappa shape index (κ1) is 22.2. The molecule has 0 spiro atoms. The van der Waals surface area contributed by atoms with Crippen LogP contribution in [0.4, 0.5) is 0 Å². The molecule has 1 aliphatic heterocycles. The lowest BCUT2D eigenvalue weighted by atomic mass is 9.83. The van der Waals surface area contributed by atoms with Gasteiger partial charge in [0.2, 0.25) is 0 Å². The van der Waals surface area contributed by atoms with E-state index in [-0.39, 0.29) is 24.5 Å². The summed E-state index contributed by atoms with van der Waals surface area (Å²) in [6.45, 7) is 2.95. The van der Waals surface area contributed by atoms with Crippen molar-refractivity contribution >= 4 is 16.7 Å². The summed E-state index contributed by atoms with van der Waals surface area (Å²) in [7, 11) is 0. The highest BCUT2D eigenvalue weighted by atomic mass is 16.5. The van der Waals surface area contributed by atoms with Gasteiger partial charge in [0.15, 0.2) is 0 Å². The third-order valence-electron chi connectivity index (χ3n) is 6.77. The van der Waals surface area contributed by atoms with Gasteiger partial charge in [0, 0.05) is 24.1 Å². The number of fused-ring (bicyclic) bond motifs is 2. The molecular formula is C30H29NO3. The van der Waals surface area contributed by atoms with Crippen molar-refractivity contribution < 1.29 is 14.6 Å². The maximum absolute atomic E-state index is 11.0. The molecule has 34 heavy (non-hydrogen) atoms. The van der Waals surface area contributed by atoms with Crippen LogP contribution in [0.5, 0.6) is 5.75 Å². The number of carbonyl (C=O) groups is 1. The van der Waals surface area contributed by atoms with Gasteiger partial charge >= 0.3 is 5.97 Å². The lowest BCUT2D eigenvalue weighted by Gasteiger charge is -2.33. The summed E-state index contributed by atoms with van der Waals surface area (Å²) in [6, 6.07) is 31.4. The van der Waals surface area contributed by atoms with Crippen LogP contribution in [0.3, 0.4) is 0 Å². The normalized spacial score (nSPS) is 18.1. The molecule has 2 N–H and O–H groups in total. The molecule has 0 aliphatic carbocycles. The third kappa shape index (κ3) is 4.68. The predicted octanol–water partition coefficient (Wildman–Crippen LogP) is 6.10. The van der Waals surface area contributed by atoms with Crippen molar-refractivity contribution in [3.8, 4) is 5.75 Å². The van der Waals surface area contributed by atoms with E-state index in [2.05, 4.69) is 79.0 Å². The van der Waals surface area contributed by atoms with Crippen molar-refractivity contribution in [3.05, 3.63) is 113 Å². The number of para-hydroxylation sites is 1. The summed E-state index contributed by atoms with van der Waals surface area (Å²) < 4.78 is 6.39. The lowest BCUT2D eigenvalue weighted by Crippen LogP contribution is -2.37. The summed E-state index contributed by atoms with van der Waals surface area (Å²) in [6.07, 6.45) is 0.948. The van der Waals surface area contributed by atoms with E-state index in [4.69, 9.17) is 9.84 Å². The Morgan fingerprint density at radius 2 is 1.71 bits per heavy atom. The average Bonchev–Trinajstić information content (AvgIpc) is 2.86.